The number of aromatic carboxylic acids is 1. The van der Waals surface area contributed by atoms with E-state index in [4.69, 9.17) is 15.6 Å². The molecule has 0 spiro atoms. The minimum absolute atomic E-state index is 0.0443. The molecule has 1 fully saturated rings. The minimum Gasteiger partial charge on any atom is -0.478 e. The second-order valence-corrected chi connectivity index (χ2v) is 5.98. The maximum atomic E-state index is 12.0. The van der Waals surface area contributed by atoms with E-state index in [2.05, 4.69) is 15.8 Å². The van der Waals surface area contributed by atoms with Crippen molar-refractivity contribution in [3.8, 4) is 17.3 Å². The van der Waals surface area contributed by atoms with Crippen LogP contribution in [0.2, 0.25) is 0 Å². The summed E-state index contributed by atoms with van der Waals surface area (Å²) in [5.74, 6) is -1.83. The molecule has 2 aromatic rings. The molecule has 1 aliphatic rings. The van der Waals surface area contributed by atoms with Crippen molar-refractivity contribution in [1.82, 2.24) is 15.8 Å². The zero-order valence-corrected chi connectivity index (χ0v) is 14.4. The number of anilines is 1. The molecule has 1 saturated heterocycles. The zero-order valence-electron chi connectivity index (χ0n) is 14.4. The van der Waals surface area contributed by atoms with Crippen LogP contribution < -0.4 is 16.6 Å². The van der Waals surface area contributed by atoms with E-state index in [1.54, 1.807) is 18.2 Å². The largest absolute Gasteiger partial charge is 0.478 e. The van der Waals surface area contributed by atoms with Crippen LogP contribution in [0.25, 0.3) is 11.3 Å². The van der Waals surface area contributed by atoms with Crippen molar-refractivity contribution in [2.45, 2.75) is 12.0 Å². The molecular formula is C18H17N5O4. The van der Waals surface area contributed by atoms with Gasteiger partial charge in [-0.25, -0.2) is 15.2 Å². The van der Waals surface area contributed by atoms with Gasteiger partial charge < -0.3 is 15.6 Å². The molecule has 9 heteroatoms. The fourth-order valence-corrected chi connectivity index (χ4v) is 3.07. The molecule has 1 aromatic carbocycles. The molecule has 2 heterocycles. The van der Waals surface area contributed by atoms with Gasteiger partial charge in [0.2, 0.25) is 0 Å². The number of nitriles is 1. The van der Waals surface area contributed by atoms with Crippen molar-refractivity contribution < 1.29 is 19.4 Å². The third kappa shape index (κ3) is 3.44. The number of hydrazine groups is 1. The lowest BCUT2D eigenvalue weighted by Gasteiger charge is -2.19. The van der Waals surface area contributed by atoms with Crippen molar-refractivity contribution in [1.29, 1.82) is 5.26 Å². The van der Waals surface area contributed by atoms with E-state index in [9.17, 15) is 14.9 Å². The number of carbonyl (C=O) groups is 2. The molecule has 0 radical (unpaired) electrons. The number of carboxylic acid groups (broad SMARTS) is 1. The molecule has 3 rings (SSSR count). The van der Waals surface area contributed by atoms with Crippen LogP contribution in [0.1, 0.15) is 27.4 Å². The van der Waals surface area contributed by atoms with E-state index in [-0.39, 0.29) is 22.9 Å². The number of pyridine rings is 1. The number of hydrogen-bond acceptors (Lipinski definition) is 8. The van der Waals surface area contributed by atoms with E-state index in [1.165, 1.54) is 19.2 Å². The van der Waals surface area contributed by atoms with Gasteiger partial charge in [0.25, 0.3) is 0 Å². The fourth-order valence-electron chi connectivity index (χ4n) is 3.07. The summed E-state index contributed by atoms with van der Waals surface area (Å²) in [6, 6.07) is 9.22. The predicted octanol–water partition coefficient (Wildman–Crippen LogP) is 0.634. The summed E-state index contributed by atoms with van der Waals surface area (Å²) in [5.41, 5.74) is 13.8. The summed E-state index contributed by atoms with van der Waals surface area (Å²) in [5, 5.41) is 18.5. The fraction of sp³-hybridized carbons (Fsp3) is 0.222. The van der Waals surface area contributed by atoms with Crippen LogP contribution in [0.5, 0.6) is 0 Å². The number of carbonyl (C=O) groups excluding carboxylic acids is 1. The lowest BCUT2D eigenvalue weighted by atomic mass is 9.89. The highest BCUT2D eigenvalue weighted by Crippen LogP contribution is 2.32. The number of nitrogens with zero attached hydrogens (tertiary/aromatic N) is 2. The number of nitrogen functional groups attached to an aromatic ring is 1. The van der Waals surface area contributed by atoms with E-state index >= 15 is 0 Å². The maximum Gasteiger partial charge on any atom is 0.335 e. The molecule has 0 saturated carbocycles. The highest BCUT2D eigenvalue weighted by Gasteiger charge is 2.37. The van der Waals surface area contributed by atoms with Gasteiger partial charge >= 0.3 is 11.9 Å². The van der Waals surface area contributed by atoms with Gasteiger partial charge in [-0.05, 0) is 23.8 Å². The second-order valence-electron chi connectivity index (χ2n) is 5.98. The van der Waals surface area contributed by atoms with Crippen LogP contribution in [0, 0.1) is 11.3 Å². The molecule has 138 valence electrons. The summed E-state index contributed by atoms with van der Waals surface area (Å²) in [6.07, 6.45) is 0. The quantitative estimate of drug-likeness (QED) is 0.570. The lowest BCUT2D eigenvalue weighted by Crippen LogP contribution is -2.39. The topological polar surface area (TPSA) is 150 Å². The van der Waals surface area contributed by atoms with Gasteiger partial charge in [-0.2, -0.15) is 5.26 Å². The van der Waals surface area contributed by atoms with Crippen molar-refractivity contribution >= 4 is 17.8 Å². The van der Waals surface area contributed by atoms with E-state index < -0.39 is 18.0 Å². The predicted molar refractivity (Wildman–Crippen MR) is 95.4 cm³/mol. The number of rotatable bonds is 4. The Hall–Kier alpha value is -3.48. The summed E-state index contributed by atoms with van der Waals surface area (Å²) in [6.45, 7) is 0.398. The first kappa shape index (κ1) is 18.3. The van der Waals surface area contributed by atoms with Crippen LogP contribution in [-0.2, 0) is 9.53 Å². The molecule has 2 unspecified atom stereocenters. The van der Waals surface area contributed by atoms with Gasteiger partial charge in [0.05, 0.1) is 23.9 Å². The monoisotopic (exact) mass is 367 g/mol. The van der Waals surface area contributed by atoms with Crippen LogP contribution in [0.3, 0.4) is 0 Å². The number of aromatic nitrogens is 1. The Labute approximate surface area is 154 Å². The van der Waals surface area contributed by atoms with Crippen LogP contribution in [-0.4, -0.2) is 41.7 Å². The number of ether oxygens (including phenoxy) is 1. The molecule has 27 heavy (non-hydrogen) atoms. The van der Waals surface area contributed by atoms with Gasteiger partial charge in [0, 0.05) is 18.0 Å². The highest BCUT2D eigenvalue weighted by atomic mass is 16.5. The number of nitrogens with one attached hydrogen (secondary N) is 2. The number of nitrogens with two attached hydrogens (primary N) is 1. The standard InChI is InChI=1S/C18H17N5O4/c1-27-18(26)15-13(8-21-23-15)11-6-14(22-16(20)12(11)7-19)9-2-4-10(5-3-9)17(24)25/h2-6,13,15,21,23H,8H2,1H3,(H2,20,22)(H,24,25). The third-order valence-corrected chi connectivity index (χ3v) is 4.45. The maximum absolute atomic E-state index is 12.0. The average molecular weight is 367 g/mol. The van der Waals surface area contributed by atoms with Crippen molar-refractivity contribution in [3.63, 3.8) is 0 Å². The Morgan fingerprint density at radius 3 is 2.67 bits per heavy atom. The second kappa shape index (κ2) is 7.41. The summed E-state index contributed by atoms with van der Waals surface area (Å²) in [4.78, 5) is 27.3. The zero-order chi connectivity index (χ0) is 19.6. The minimum atomic E-state index is -1.03. The molecule has 9 nitrogen and oxygen atoms in total. The van der Waals surface area contributed by atoms with Crippen molar-refractivity contribution in [3.05, 3.63) is 47.0 Å². The van der Waals surface area contributed by atoms with Crippen LogP contribution in [0.4, 0.5) is 5.82 Å². The number of methoxy groups -OCH3 is 1. The Morgan fingerprint density at radius 2 is 2.07 bits per heavy atom. The molecule has 5 N–H and O–H groups in total. The molecule has 0 bridgehead atoms. The Balaban J connectivity index is 2.07. The van der Waals surface area contributed by atoms with Gasteiger partial charge in [0.1, 0.15) is 17.9 Å². The van der Waals surface area contributed by atoms with Gasteiger partial charge in [-0.15, -0.1) is 0 Å². The van der Waals surface area contributed by atoms with E-state index in [0.717, 1.165) is 0 Å². The van der Waals surface area contributed by atoms with E-state index in [1.807, 2.05) is 6.07 Å². The first-order chi connectivity index (χ1) is 13.0. The SMILES string of the molecule is COC(=O)C1NNCC1c1cc(-c2ccc(C(=O)O)cc2)nc(N)c1C#N. The van der Waals surface area contributed by atoms with Gasteiger partial charge in [-0.3, -0.25) is 10.2 Å². The van der Waals surface area contributed by atoms with Crippen molar-refractivity contribution in [2.24, 2.45) is 0 Å². The molecule has 1 aliphatic heterocycles. The first-order valence-electron chi connectivity index (χ1n) is 8.06. The van der Waals surface area contributed by atoms with Crippen molar-refractivity contribution in [2.75, 3.05) is 19.4 Å². The number of carboxylic acids is 1. The molecule has 0 aliphatic carbocycles. The molecule has 1 aromatic heterocycles. The summed E-state index contributed by atoms with van der Waals surface area (Å²) in [7, 11) is 1.29. The first-order valence-corrected chi connectivity index (χ1v) is 8.06. The van der Waals surface area contributed by atoms with E-state index in [0.29, 0.717) is 23.4 Å². The number of benzene rings is 1. The smallest absolute Gasteiger partial charge is 0.335 e. The lowest BCUT2D eigenvalue weighted by molar-refractivity contribution is -0.143. The van der Waals surface area contributed by atoms with Crippen LogP contribution in [0.15, 0.2) is 30.3 Å². The average Bonchev–Trinajstić information content (AvgIpc) is 3.16. The Morgan fingerprint density at radius 1 is 1.37 bits per heavy atom. The summed E-state index contributed by atoms with van der Waals surface area (Å²) >= 11 is 0. The molecule has 0 amide bonds. The number of esters is 1. The molecular weight excluding hydrogens is 350 g/mol. The van der Waals surface area contributed by atoms with Gasteiger partial charge in [-0.1, -0.05) is 12.1 Å². The third-order valence-electron chi connectivity index (χ3n) is 4.45. The number of hydrogen-bond donors (Lipinski definition) is 4. The van der Waals surface area contributed by atoms with Crippen LogP contribution >= 0.6 is 0 Å². The summed E-state index contributed by atoms with van der Waals surface area (Å²) < 4.78 is 4.81. The Bertz CT molecular complexity index is 936. The molecule has 2 atom stereocenters. The Kier molecular flexibility index (Phi) is 5.03. The highest BCUT2D eigenvalue weighted by molar-refractivity contribution is 5.88. The normalized spacial score (nSPS) is 18.7. The van der Waals surface area contributed by atoms with Gasteiger partial charge in [0.15, 0.2) is 0 Å².